The maximum Gasteiger partial charge on any atom is 0.340 e. The molecule has 0 saturated heterocycles. The Morgan fingerprint density at radius 1 is 1.11 bits per heavy atom. The number of esters is 1. The molecular weight excluding hydrogens is 369 g/mol. The van der Waals surface area contributed by atoms with Crippen LogP contribution in [0.2, 0.25) is 0 Å². The molecule has 0 unspecified atom stereocenters. The molecular formula is C20H20FNO4S. The molecule has 142 valence electrons. The number of hydrogen-bond donors (Lipinski definition) is 1. The Labute approximate surface area is 161 Å². The Balaban J connectivity index is 1.93. The zero-order valence-electron chi connectivity index (χ0n) is 15.0. The van der Waals surface area contributed by atoms with Gasteiger partial charge < -0.3 is 10.1 Å². The van der Waals surface area contributed by atoms with Crippen molar-refractivity contribution >= 4 is 29.4 Å². The van der Waals surface area contributed by atoms with Crippen molar-refractivity contribution in [2.45, 2.75) is 31.4 Å². The minimum atomic E-state index is -0.996. The summed E-state index contributed by atoms with van der Waals surface area (Å²) in [6.45, 7) is 3.15. The van der Waals surface area contributed by atoms with Gasteiger partial charge in [0.15, 0.2) is 6.10 Å². The number of carbonyl (C=O) groups is 3. The van der Waals surface area contributed by atoms with Crippen molar-refractivity contribution in [2.24, 2.45) is 0 Å². The van der Waals surface area contributed by atoms with Gasteiger partial charge in [0.1, 0.15) is 11.6 Å². The van der Waals surface area contributed by atoms with Gasteiger partial charge in [-0.2, -0.15) is 0 Å². The Morgan fingerprint density at radius 2 is 1.78 bits per heavy atom. The van der Waals surface area contributed by atoms with Gasteiger partial charge in [0.2, 0.25) is 0 Å². The van der Waals surface area contributed by atoms with Crippen molar-refractivity contribution in [1.82, 2.24) is 5.32 Å². The average molecular weight is 389 g/mol. The molecule has 2 rings (SSSR count). The summed E-state index contributed by atoms with van der Waals surface area (Å²) in [5.74, 6) is -1.20. The third-order valence-corrected chi connectivity index (χ3v) is 4.79. The number of rotatable bonds is 8. The van der Waals surface area contributed by atoms with E-state index >= 15 is 0 Å². The summed E-state index contributed by atoms with van der Waals surface area (Å²) >= 11 is 1.25. The molecule has 2 aromatic carbocycles. The van der Waals surface area contributed by atoms with Crippen LogP contribution in [0.4, 0.5) is 4.39 Å². The normalized spacial score (nSPS) is 11.5. The maximum absolute atomic E-state index is 12.9. The van der Waals surface area contributed by atoms with E-state index in [0.717, 1.165) is 5.56 Å². The number of carbonyl (C=O) groups excluding carboxylic acids is 3. The fourth-order valence-electron chi connectivity index (χ4n) is 2.15. The van der Waals surface area contributed by atoms with Crippen LogP contribution in [-0.2, 0) is 20.9 Å². The molecule has 1 atom stereocenters. The van der Waals surface area contributed by atoms with Crippen molar-refractivity contribution in [3.05, 3.63) is 65.5 Å². The van der Waals surface area contributed by atoms with Gasteiger partial charge in [-0.15, -0.1) is 11.8 Å². The summed E-state index contributed by atoms with van der Waals surface area (Å²) in [6, 6.07) is 12.5. The molecule has 0 radical (unpaired) electrons. The molecule has 1 N–H and O–H groups in total. The minimum Gasteiger partial charge on any atom is -0.449 e. The first-order valence-corrected chi connectivity index (χ1v) is 9.29. The number of ketones is 1. The Morgan fingerprint density at radius 3 is 2.44 bits per heavy atom. The lowest BCUT2D eigenvalue weighted by atomic mass is 10.2. The van der Waals surface area contributed by atoms with Crippen molar-refractivity contribution in [3.63, 3.8) is 0 Å². The predicted molar refractivity (Wildman–Crippen MR) is 101 cm³/mol. The molecule has 0 aliphatic heterocycles. The highest BCUT2D eigenvalue weighted by Crippen LogP contribution is 2.23. The van der Waals surface area contributed by atoms with E-state index in [1.165, 1.54) is 37.7 Å². The summed E-state index contributed by atoms with van der Waals surface area (Å²) in [5, 5.41) is 2.64. The number of benzene rings is 2. The van der Waals surface area contributed by atoms with E-state index in [-0.39, 0.29) is 23.9 Å². The fraction of sp³-hybridized carbons (Fsp3) is 0.250. The molecule has 0 aliphatic carbocycles. The number of amides is 1. The van der Waals surface area contributed by atoms with Gasteiger partial charge in [0, 0.05) is 11.4 Å². The van der Waals surface area contributed by atoms with Crippen LogP contribution in [0.1, 0.15) is 29.8 Å². The maximum atomic E-state index is 12.9. The van der Waals surface area contributed by atoms with Crippen molar-refractivity contribution in [3.8, 4) is 0 Å². The van der Waals surface area contributed by atoms with Crippen LogP contribution >= 0.6 is 11.8 Å². The molecule has 0 bridgehead atoms. The first-order valence-electron chi connectivity index (χ1n) is 8.31. The first-order chi connectivity index (χ1) is 12.9. The molecule has 5 nitrogen and oxygen atoms in total. The van der Waals surface area contributed by atoms with E-state index in [1.54, 1.807) is 36.4 Å². The molecule has 0 aliphatic rings. The predicted octanol–water partition coefficient (Wildman–Crippen LogP) is 3.37. The molecule has 0 saturated carbocycles. The highest BCUT2D eigenvalue weighted by atomic mass is 32.2. The summed E-state index contributed by atoms with van der Waals surface area (Å²) < 4.78 is 18.1. The number of halogens is 1. The van der Waals surface area contributed by atoms with Gasteiger partial charge in [-0.1, -0.05) is 24.3 Å². The van der Waals surface area contributed by atoms with E-state index < -0.39 is 18.0 Å². The summed E-state index contributed by atoms with van der Waals surface area (Å²) in [7, 11) is 0. The fourth-order valence-corrected chi connectivity index (χ4v) is 2.99. The van der Waals surface area contributed by atoms with Gasteiger partial charge in [-0.3, -0.25) is 9.59 Å². The lowest BCUT2D eigenvalue weighted by molar-refractivity contribution is -0.129. The quantitative estimate of drug-likeness (QED) is 0.554. The second-order valence-electron chi connectivity index (χ2n) is 5.88. The number of nitrogens with one attached hydrogen (secondary N) is 1. The summed E-state index contributed by atoms with van der Waals surface area (Å²) in [4.78, 5) is 36.3. The van der Waals surface area contributed by atoms with Gasteiger partial charge in [-0.05, 0) is 43.7 Å². The second kappa shape index (κ2) is 9.87. The summed E-state index contributed by atoms with van der Waals surface area (Å²) in [6.07, 6.45) is -0.996. The topological polar surface area (TPSA) is 72.5 Å². The van der Waals surface area contributed by atoms with Crippen LogP contribution in [0.25, 0.3) is 0 Å². The molecule has 0 aromatic heterocycles. The molecule has 0 spiro atoms. The van der Waals surface area contributed by atoms with Crippen LogP contribution in [-0.4, -0.2) is 29.5 Å². The van der Waals surface area contributed by atoms with Crippen LogP contribution < -0.4 is 5.32 Å². The Hall–Kier alpha value is -2.67. The monoisotopic (exact) mass is 389 g/mol. The van der Waals surface area contributed by atoms with Crippen LogP contribution in [0, 0.1) is 5.82 Å². The number of thioether (sulfide) groups is 1. The van der Waals surface area contributed by atoms with Crippen molar-refractivity contribution in [1.29, 1.82) is 0 Å². The molecule has 27 heavy (non-hydrogen) atoms. The van der Waals surface area contributed by atoms with E-state index in [9.17, 15) is 18.8 Å². The zero-order valence-corrected chi connectivity index (χ0v) is 15.8. The first kappa shape index (κ1) is 20.6. The third kappa shape index (κ3) is 6.53. The van der Waals surface area contributed by atoms with Crippen LogP contribution in [0.5, 0.6) is 0 Å². The van der Waals surface area contributed by atoms with E-state index in [2.05, 4.69) is 5.32 Å². The van der Waals surface area contributed by atoms with Crippen LogP contribution in [0.15, 0.2) is 53.4 Å². The van der Waals surface area contributed by atoms with Gasteiger partial charge >= 0.3 is 5.97 Å². The molecule has 0 heterocycles. The second-order valence-corrected chi connectivity index (χ2v) is 6.90. The highest BCUT2D eigenvalue weighted by molar-refractivity contribution is 8.00. The Kier molecular flexibility index (Phi) is 7.55. The van der Waals surface area contributed by atoms with E-state index in [0.29, 0.717) is 10.5 Å². The number of hydrogen-bond acceptors (Lipinski definition) is 5. The van der Waals surface area contributed by atoms with E-state index in [1.807, 2.05) is 0 Å². The SMILES string of the molecule is CC(=O)CSc1ccccc1C(=O)O[C@H](C)C(=O)NCc1ccc(F)cc1. The minimum absolute atomic E-state index is 0.00305. The third-order valence-electron chi connectivity index (χ3n) is 3.57. The lowest BCUT2D eigenvalue weighted by Crippen LogP contribution is -2.35. The molecule has 0 fully saturated rings. The number of ether oxygens (including phenoxy) is 1. The molecule has 1 amide bonds. The van der Waals surface area contributed by atoms with Crippen molar-refractivity contribution in [2.75, 3.05) is 5.75 Å². The lowest BCUT2D eigenvalue weighted by Gasteiger charge is -2.15. The highest BCUT2D eigenvalue weighted by Gasteiger charge is 2.20. The Bertz CT molecular complexity index is 823. The average Bonchev–Trinajstić information content (AvgIpc) is 2.65. The van der Waals surface area contributed by atoms with Crippen LogP contribution in [0.3, 0.4) is 0 Å². The summed E-state index contributed by atoms with van der Waals surface area (Å²) in [5.41, 5.74) is 1.04. The smallest absolute Gasteiger partial charge is 0.340 e. The standard InChI is InChI=1S/C20H20FNO4S/c1-13(23)12-27-18-6-4-3-5-17(18)20(25)26-14(2)19(24)22-11-15-7-9-16(21)10-8-15/h3-10,14H,11-12H2,1-2H3,(H,22,24)/t14-/m1/s1. The van der Waals surface area contributed by atoms with Gasteiger partial charge in [0.05, 0.1) is 11.3 Å². The number of Topliss-reactive ketones (excluding diaryl/α,β-unsaturated/α-hetero) is 1. The van der Waals surface area contributed by atoms with E-state index in [4.69, 9.17) is 4.74 Å². The molecule has 2 aromatic rings. The van der Waals surface area contributed by atoms with Crippen molar-refractivity contribution < 1.29 is 23.5 Å². The zero-order chi connectivity index (χ0) is 19.8. The van der Waals surface area contributed by atoms with Gasteiger partial charge in [0.25, 0.3) is 5.91 Å². The largest absolute Gasteiger partial charge is 0.449 e. The van der Waals surface area contributed by atoms with Gasteiger partial charge in [-0.25, -0.2) is 9.18 Å². The molecule has 7 heteroatoms.